The zero-order chi connectivity index (χ0) is 10.2. The molecule has 1 saturated heterocycles. The van der Waals surface area contributed by atoms with E-state index < -0.39 is 0 Å². The molecule has 0 aromatic rings. The summed E-state index contributed by atoms with van der Waals surface area (Å²) in [6.07, 6.45) is 0.864. The molecule has 0 atom stereocenters. The molecule has 1 rings (SSSR count). The predicted molar refractivity (Wildman–Crippen MR) is 53.6 cm³/mol. The van der Waals surface area contributed by atoms with Gasteiger partial charge in [0.15, 0.2) is 0 Å². The molecule has 1 fully saturated rings. The summed E-state index contributed by atoms with van der Waals surface area (Å²) in [6.45, 7) is 4.98. The van der Waals surface area contributed by atoms with Gasteiger partial charge in [0.1, 0.15) is 5.88 Å². The van der Waals surface area contributed by atoms with Crippen LogP contribution < -0.4 is 0 Å². The molecule has 5 heteroatoms. The van der Waals surface area contributed by atoms with E-state index >= 15 is 0 Å². The normalized spacial score (nSPS) is 18.1. The first-order valence-corrected chi connectivity index (χ1v) is 5.38. The van der Waals surface area contributed by atoms with Gasteiger partial charge < -0.3 is 9.47 Å². The van der Waals surface area contributed by atoms with Crippen molar-refractivity contribution in [2.24, 2.45) is 0 Å². The highest BCUT2D eigenvalue weighted by Gasteiger charge is 2.09. The van der Waals surface area contributed by atoms with Crippen molar-refractivity contribution in [3.63, 3.8) is 0 Å². The van der Waals surface area contributed by atoms with Crippen LogP contribution in [0.3, 0.4) is 0 Å². The van der Waals surface area contributed by atoms with Gasteiger partial charge in [-0.1, -0.05) is 0 Å². The number of rotatable bonds is 5. The molecule has 14 heavy (non-hydrogen) atoms. The lowest BCUT2D eigenvalue weighted by molar-refractivity contribution is -0.140. The summed E-state index contributed by atoms with van der Waals surface area (Å²) in [5.74, 6) is -0.397. The number of carbonyl (C=O) groups is 1. The third kappa shape index (κ3) is 4.79. The van der Waals surface area contributed by atoms with E-state index in [1.807, 2.05) is 0 Å². The molecule has 1 heterocycles. The van der Waals surface area contributed by atoms with E-state index in [0.29, 0.717) is 6.61 Å². The van der Waals surface area contributed by atoms with Crippen LogP contribution in [0.4, 0.5) is 0 Å². The van der Waals surface area contributed by atoms with Crippen molar-refractivity contribution >= 4 is 17.6 Å². The average Bonchev–Trinajstić information content (AvgIpc) is 2.25. The Kier molecular flexibility index (Phi) is 5.91. The first kappa shape index (κ1) is 11.8. The standard InChI is InChI=1S/C9H16ClNO3/c10-8-9(12)14-5-1-2-11-3-6-13-7-4-11/h1-8H2. The maximum Gasteiger partial charge on any atom is 0.320 e. The van der Waals surface area contributed by atoms with Crippen molar-refractivity contribution < 1.29 is 14.3 Å². The fraction of sp³-hybridized carbons (Fsp3) is 0.889. The van der Waals surface area contributed by atoms with E-state index in [2.05, 4.69) is 4.90 Å². The van der Waals surface area contributed by atoms with Crippen LogP contribution in [0.15, 0.2) is 0 Å². The van der Waals surface area contributed by atoms with Crippen LogP contribution in [0.2, 0.25) is 0 Å². The van der Waals surface area contributed by atoms with Crippen LogP contribution >= 0.6 is 11.6 Å². The summed E-state index contributed by atoms with van der Waals surface area (Å²) in [6, 6.07) is 0. The number of esters is 1. The molecule has 0 bridgehead atoms. The van der Waals surface area contributed by atoms with Crippen molar-refractivity contribution in [3.05, 3.63) is 0 Å². The molecule has 0 amide bonds. The third-order valence-corrected chi connectivity index (χ3v) is 2.31. The van der Waals surface area contributed by atoms with Crippen molar-refractivity contribution in [3.8, 4) is 0 Å². The highest BCUT2D eigenvalue weighted by molar-refractivity contribution is 6.26. The van der Waals surface area contributed by atoms with Crippen LogP contribution in [0.5, 0.6) is 0 Å². The number of hydrogen-bond acceptors (Lipinski definition) is 4. The van der Waals surface area contributed by atoms with Gasteiger partial charge in [0.05, 0.1) is 19.8 Å². The zero-order valence-electron chi connectivity index (χ0n) is 8.21. The zero-order valence-corrected chi connectivity index (χ0v) is 8.96. The Balaban J connectivity index is 1.94. The smallest absolute Gasteiger partial charge is 0.320 e. The number of hydrogen-bond donors (Lipinski definition) is 0. The molecule has 1 aliphatic rings. The van der Waals surface area contributed by atoms with Gasteiger partial charge in [0.2, 0.25) is 0 Å². The predicted octanol–water partition coefficient (Wildman–Crippen LogP) is 0.491. The van der Waals surface area contributed by atoms with Gasteiger partial charge in [-0.05, 0) is 6.42 Å². The van der Waals surface area contributed by atoms with Crippen molar-refractivity contribution in [2.45, 2.75) is 6.42 Å². The lowest BCUT2D eigenvalue weighted by Crippen LogP contribution is -2.37. The van der Waals surface area contributed by atoms with Crippen LogP contribution in [-0.2, 0) is 14.3 Å². The first-order chi connectivity index (χ1) is 6.83. The monoisotopic (exact) mass is 221 g/mol. The molecule has 0 radical (unpaired) electrons. The van der Waals surface area contributed by atoms with E-state index in [0.717, 1.165) is 39.3 Å². The fourth-order valence-corrected chi connectivity index (χ4v) is 1.41. The number of ether oxygens (including phenoxy) is 2. The lowest BCUT2D eigenvalue weighted by atomic mass is 10.3. The topological polar surface area (TPSA) is 38.8 Å². The maximum absolute atomic E-state index is 10.7. The van der Waals surface area contributed by atoms with Gasteiger partial charge >= 0.3 is 5.97 Å². The quantitative estimate of drug-likeness (QED) is 0.385. The maximum atomic E-state index is 10.7. The number of halogens is 1. The van der Waals surface area contributed by atoms with Crippen LogP contribution in [0.1, 0.15) is 6.42 Å². The second-order valence-electron chi connectivity index (χ2n) is 3.16. The number of morpholine rings is 1. The van der Waals surface area contributed by atoms with Crippen molar-refractivity contribution in [1.29, 1.82) is 0 Å². The van der Waals surface area contributed by atoms with Crippen LogP contribution in [0.25, 0.3) is 0 Å². The number of nitrogens with zero attached hydrogens (tertiary/aromatic N) is 1. The Bertz CT molecular complexity index is 171. The molecular weight excluding hydrogens is 206 g/mol. The van der Waals surface area contributed by atoms with Crippen molar-refractivity contribution in [1.82, 2.24) is 4.90 Å². The van der Waals surface area contributed by atoms with Crippen LogP contribution in [-0.4, -0.2) is 56.2 Å². The van der Waals surface area contributed by atoms with Gasteiger partial charge in [-0.15, -0.1) is 11.6 Å². The van der Waals surface area contributed by atoms with E-state index in [4.69, 9.17) is 21.1 Å². The molecule has 4 nitrogen and oxygen atoms in total. The molecule has 0 aromatic carbocycles. The van der Waals surface area contributed by atoms with Gasteiger partial charge in [-0.3, -0.25) is 9.69 Å². The van der Waals surface area contributed by atoms with Crippen LogP contribution in [0, 0.1) is 0 Å². The van der Waals surface area contributed by atoms with Crippen molar-refractivity contribution in [2.75, 3.05) is 45.3 Å². The minimum atomic E-state index is -0.339. The van der Waals surface area contributed by atoms with Gasteiger partial charge in [0.25, 0.3) is 0 Å². The molecule has 1 aliphatic heterocycles. The highest BCUT2D eigenvalue weighted by atomic mass is 35.5. The van der Waals surface area contributed by atoms with E-state index in [1.165, 1.54) is 0 Å². The third-order valence-electron chi connectivity index (χ3n) is 2.09. The molecule has 0 unspecified atom stereocenters. The van der Waals surface area contributed by atoms with Gasteiger partial charge in [-0.2, -0.15) is 0 Å². The fourth-order valence-electron chi connectivity index (χ4n) is 1.34. The second-order valence-corrected chi connectivity index (χ2v) is 3.43. The minimum Gasteiger partial charge on any atom is -0.465 e. The Morgan fingerprint density at radius 1 is 1.43 bits per heavy atom. The Labute approximate surface area is 89.1 Å². The summed E-state index contributed by atoms with van der Waals surface area (Å²) in [5.41, 5.74) is 0. The highest BCUT2D eigenvalue weighted by Crippen LogP contribution is 1.98. The lowest BCUT2D eigenvalue weighted by Gasteiger charge is -2.26. The molecule has 0 N–H and O–H groups in total. The SMILES string of the molecule is O=C(CCl)OCCCN1CCOCC1. The minimum absolute atomic E-state index is 0.0580. The first-order valence-electron chi connectivity index (χ1n) is 4.84. The second kappa shape index (κ2) is 7.04. The molecular formula is C9H16ClNO3. The molecule has 0 saturated carbocycles. The Hall–Kier alpha value is -0.320. The van der Waals surface area contributed by atoms with E-state index in [-0.39, 0.29) is 11.8 Å². The summed E-state index contributed by atoms with van der Waals surface area (Å²) in [5, 5.41) is 0. The number of carbonyl (C=O) groups excluding carboxylic acids is 1. The molecule has 82 valence electrons. The summed E-state index contributed by atoms with van der Waals surface area (Å²) in [4.78, 5) is 13.0. The molecule has 0 aromatic heterocycles. The van der Waals surface area contributed by atoms with Gasteiger partial charge in [0, 0.05) is 19.6 Å². The largest absolute Gasteiger partial charge is 0.465 e. The van der Waals surface area contributed by atoms with Gasteiger partial charge in [-0.25, -0.2) is 0 Å². The Morgan fingerprint density at radius 2 is 2.14 bits per heavy atom. The molecule has 0 spiro atoms. The summed E-state index contributed by atoms with van der Waals surface area (Å²) in [7, 11) is 0. The summed E-state index contributed by atoms with van der Waals surface area (Å²) < 4.78 is 10.1. The average molecular weight is 222 g/mol. The summed E-state index contributed by atoms with van der Waals surface area (Å²) >= 11 is 5.28. The number of alkyl halides is 1. The van der Waals surface area contributed by atoms with E-state index in [9.17, 15) is 4.79 Å². The van der Waals surface area contributed by atoms with E-state index in [1.54, 1.807) is 0 Å². The molecule has 0 aliphatic carbocycles. The Morgan fingerprint density at radius 3 is 2.79 bits per heavy atom.